The summed E-state index contributed by atoms with van der Waals surface area (Å²) in [5, 5.41) is 12.1. The summed E-state index contributed by atoms with van der Waals surface area (Å²) in [5.41, 5.74) is 3.61. The van der Waals surface area contributed by atoms with Crippen molar-refractivity contribution in [1.29, 1.82) is 0 Å². The Morgan fingerprint density at radius 1 is 1.22 bits per heavy atom. The summed E-state index contributed by atoms with van der Waals surface area (Å²) < 4.78 is 2.09. The smallest absolute Gasteiger partial charge is 0.253 e. The maximum atomic E-state index is 12.5. The van der Waals surface area contributed by atoms with Gasteiger partial charge in [0.25, 0.3) is 5.91 Å². The molecule has 0 aliphatic heterocycles. The van der Waals surface area contributed by atoms with E-state index in [1.165, 1.54) is 0 Å². The number of aryl methyl sites for hydroxylation is 1. The van der Waals surface area contributed by atoms with Crippen molar-refractivity contribution in [3.05, 3.63) is 53.3 Å². The van der Waals surface area contributed by atoms with Gasteiger partial charge in [0.2, 0.25) is 0 Å². The Labute approximate surface area is 138 Å². The molecule has 0 atom stereocenters. The normalized spacial score (nSPS) is 11.5. The Morgan fingerprint density at radius 3 is 2.48 bits per heavy atom. The lowest BCUT2D eigenvalue weighted by Crippen LogP contribution is -2.34. The van der Waals surface area contributed by atoms with Gasteiger partial charge in [-0.25, -0.2) is 0 Å². The molecule has 4 heteroatoms. The van der Waals surface area contributed by atoms with Gasteiger partial charge in [0.05, 0.1) is 5.56 Å². The second-order valence-corrected chi connectivity index (χ2v) is 6.78. The molecule has 0 aliphatic carbocycles. The molecule has 1 amide bonds. The monoisotopic (exact) mass is 314 g/mol. The van der Waals surface area contributed by atoms with Crippen molar-refractivity contribution in [3.8, 4) is 5.69 Å². The van der Waals surface area contributed by atoms with Gasteiger partial charge in [-0.15, -0.1) is 0 Å². The molecule has 0 spiro atoms. The topological polar surface area (TPSA) is 54.3 Å². The summed E-state index contributed by atoms with van der Waals surface area (Å²) in [4.78, 5) is 12.5. The van der Waals surface area contributed by atoms with E-state index in [0.29, 0.717) is 18.5 Å². The number of hydrogen-bond acceptors (Lipinski definition) is 2. The molecule has 0 fully saturated rings. The Hall–Kier alpha value is -2.07. The van der Waals surface area contributed by atoms with E-state index < -0.39 is 0 Å². The molecule has 0 unspecified atom stereocenters. The summed E-state index contributed by atoms with van der Waals surface area (Å²) in [7, 11) is 0. The fourth-order valence-electron chi connectivity index (χ4n) is 2.77. The zero-order valence-corrected chi connectivity index (χ0v) is 14.4. The molecule has 0 bridgehead atoms. The SMILES string of the molecule is Cc1cc(C(=O)NCC(C)(C)CCO)c(C)n1-c1ccccc1. The summed E-state index contributed by atoms with van der Waals surface area (Å²) in [6.07, 6.45) is 0.663. The fourth-order valence-corrected chi connectivity index (χ4v) is 2.77. The van der Waals surface area contributed by atoms with Crippen LogP contribution in [0.1, 0.15) is 42.0 Å². The zero-order chi connectivity index (χ0) is 17.0. The quantitative estimate of drug-likeness (QED) is 0.860. The molecule has 0 saturated heterocycles. The van der Waals surface area contributed by atoms with Gasteiger partial charge in [0.15, 0.2) is 0 Å². The van der Waals surface area contributed by atoms with Gasteiger partial charge in [0, 0.05) is 30.2 Å². The Kier molecular flexibility index (Phi) is 5.26. The third-order valence-electron chi connectivity index (χ3n) is 4.21. The molecule has 1 aromatic heterocycles. The summed E-state index contributed by atoms with van der Waals surface area (Å²) >= 11 is 0. The molecule has 2 N–H and O–H groups in total. The van der Waals surface area contributed by atoms with Crippen LogP contribution in [0.15, 0.2) is 36.4 Å². The zero-order valence-electron chi connectivity index (χ0n) is 14.4. The third-order valence-corrected chi connectivity index (χ3v) is 4.21. The number of aliphatic hydroxyl groups excluding tert-OH is 1. The van der Waals surface area contributed by atoms with Crippen LogP contribution in [0, 0.1) is 19.3 Å². The Bertz CT molecular complexity index is 672. The maximum absolute atomic E-state index is 12.5. The largest absolute Gasteiger partial charge is 0.396 e. The number of para-hydroxylation sites is 1. The minimum atomic E-state index is -0.116. The molecule has 1 aromatic carbocycles. The summed E-state index contributed by atoms with van der Waals surface area (Å²) in [6, 6.07) is 12.0. The fraction of sp³-hybridized carbons (Fsp3) is 0.421. The van der Waals surface area contributed by atoms with Gasteiger partial charge in [0.1, 0.15) is 0 Å². The first-order chi connectivity index (χ1) is 10.9. The van der Waals surface area contributed by atoms with Crippen LogP contribution in [-0.2, 0) is 0 Å². The first-order valence-electron chi connectivity index (χ1n) is 7.99. The molecule has 23 heavy (non-hydrogen) atoms. The van der Waals surface area contributed by atoms with Crippen molar-refractivity contribution in [2.24, 2.45) is 5.41 Å². The van der Waals surface area contributed by atoms with E-state index >= 15 is 0 Å². The van der Waals surface area contributed by atoms with Gasteiger partial charge in [-0.05, 0) is 43.9 Å². The second-order valence-electron chi connectivity index (χ2n) is 6.78. The lowest BCUT2D eigenvalue weighted by atomic mass is 9.89. The van der Waals surface area contributed by atoms with Gasteiger partial charge in [-0.3, -0.25) is 4.79 Å². The molecule has 2 rings (SSSR count). The van der Waals surface area contributed by atoms with Crippen LogP contribution < -0.4 is 5.32 Å². The predicted molar refractivity (Wildman–Crippen MR) is 93.1 cm³/mol. The van der Waals surface area contributed by atoms with E-state index in [9.17, 15) is 4.79 Å². The summed E-state index contributed by atoms with van der Waals surface area (Å²) in [5.74, 6) is -0.0636. The van der Waals surface area contributed by atoms with Crippen LogP contribution in [0.2, 0.25) is 0 Å². The average molecular weight is 314 g/mol. The molecule has 124 valence electrons. The third kappa shape index (κ3) is 4.02. The molecule has 4 nitrogen and oxygen atoms in total. The van der Waals surface area contributed by atoms with Crippen LogP contribution in [0.5, 0.6) is 0 Å². The molecule has 0 saturated carbocycles. The summed E-state index contributed by atoms with van der Waals surface area (Å²) in [6.45, 7) is 8.72. The van der Waals surface area contributed by atoms with Crippen LogP contribution in [0.3, 0.4) is 0 Å². The number of rotatable bonds is 6. The number of nitrogens with one attached hydrogen (secondary N) is 1. The first-order valence-corrected chi connectivity index (χ1v) is 7.99. The van der Waals surface area contributed by atoms with Crippen molar-refractivity contribution in [3.63, 3.8) is 0 Å². The number of benzene rings is 1. The van der Waals surface area contributed by atoms with Crippen molar-refractivity contribution < 1.29 is 9.90 Å². The van der Waals surface area contributed by atoms with Crippen LogP contribution >= 0.6 is 0 Å². The van der Waals surface area contributed by atoms with Gasteiger partial charge >= 0.3 is 0 Å². The molecule has 1 heterocycles. The number of nitrogens with zero attached hydrogens (tertiary/aromatic N) is 1. The predicted octanol–water partition coefficient (Wildman–Crippen LogP) is 3.23. The molecular formula is C19H26N2O2. The minimum absolute atomic E-state index is 0.0636. The van der Waals surface area contributed by atoms with Crippen molar-refractivity contribution >= 4 is 5.91 Å². The average Bonchev–Trinajstić information content (AvgIpc) is 2.81. The number of aromatic nitrogens is 1. The standard InChI is InChI=1S/C19H26N2O2/c1-14-12-17(18(23)20-13-19(3,4)10-11-22)15(2)21(14)16-8-6-5-7-9-16/h5-9,12,22H,10-11,13H2,1-4H3,(H,20,23). The highest BCUT2D eigenvalue weighted by atomic mass is 16.3. The number of hydrogen-bond donors (Lipinski definition) is 2. The van der Waals surface area contributed by atoms with E-state index in [-0.39, 0.29) is 17.9 Å². The first kappa shape index (κ1) is 17.3. The van der Waals surface area contributed by atoms with Gasteiger partial charge in [-0.1, -0.05) is 32.0 Å². The van der Waals surface area contributed by atoms with E-state index in [1.54, 1.807) is 0 Å². The number of aliphatic hydroxyl groups is 1. The number of carbonyl (C=O) groups is 1. The van der Waals surface area contributed by atoms with Crippen LogP contribution in [-0.4, -0.2) is 28.7 Å². The second kappa shape index (κ2) is 7.01. The van der Waals surface area contributed by atoms with E-state index in [1.807, 2.05) is 64.1 Å². The van der Waals surface area contributed by atoms with Crippen molar-refractivity contribution in [2.45, 2.75) is 34.1 Å². The van der Waals surface area contributed by atoms with E-state index in [0.717, 1.165) is 17.1 Å². The Morgan fingerprint density at radius 2 is 1.87 bits per heavy atom. The van der Waals surface area contributed by atoms with Crippen molar-refractivity contribution in [2.75, 3.05) is 13.2 Å². The Balaban J connectivity index is 2.20. The maximum Gasteiger partial charge on any atom is 0.253 e. The molecule has 0 radical (unpaired) electrons. The minimum Gasteiger partial charge on any atom is -0.396 e. The molecule has 0 aliphatic rings. The van der Waals surface area contributed by atoms with Crippen LogP contribution in [0.25, 0.3) is 5.69 Å². The number of carbonyl (C=O) groups excluding carboxylic acids is 1. The lowest BCUT2D eigenvalue weighted by molar-refractivity contribution is 0.0927. The number of amides is 1. The van der Waals surface area contributed by atoms with Crippen LogP contribution in [0.4, 0.5) is 0 Å². The van der Waals surface area contributed by atoms with Crippen molar-refractivity contribution in [1.82, 2.24) is 9.88 Å². The van der Waals surface area contributed by atoms with E-state index in [4.69, 9.17) is 5.11 Å². The highest BCUT2D eigenvalue weighted by molar-refractivity contribution is 5.95. The van der Waals surface area contributed by atoms with Gasteiger partial charge < -0.3 is 15.0 Å². The highest BCUT2D eigenvalue weighted by Gasteiger charge is 2.21. The van der Waals surface area contributed by atoms with Gasteiger partial charge in [-0.2, -0.15) is 0 Å². The molecular weight excluding hydrogens is 288 g/mol. The molecule has 2 aromatic rings. The lowest BCUT2D eigenvalue weighted by Gasteiger charge is -2.23. The highest BCUT2D eigenvalue weighted by Crippen LogP contribution is 2.22. The van der Waals surface area contributed by atoms with E-state index in [2.05, 4.69) is 9.88 Å².